The predicted octanol–water partition coefficient (Wildman–Crippen LogP) is 2.13. The number of allylic oxidation sites excluding steroid dienone is 1. The molecular formula is C12H13NO2. The van der Waals surface area contributed by atoms with Crippen molar-refractivity contribution in [1.29, 1.82) is 0 Å². The molecule has 0 fully saturated rings. The van der Waals surface area contributed by atoms with Crippen molar-refractivity contribution in [2.24, 2.45) is 0 Å². The molecule has 3 nitrogen and oxygen atoms in total. The van der Waals surface area contributed by atoms with Gasteiger partial charge in [0.2, 0.25) is 0 Å². The maximum atomic E-state index is 11.9. The van der Waals surface area contributed by atoms with Crippen molar-refractivity contribution in [3.8, 4) is 0 Å². The molecule has 0 saturated heterocycles. The Labute approximate surface area is 88.8 Å². The van der Waals surface area contributed by atoms with Gasteiger partial charge in [-0.15, -0.1) is 0 Å². The lowest BCUT2D eigenvalue weighted by atomic mass is 9.91. The van der Waals surface area contributed by atoms with Crippen LogP contribution in [0.5, 0.6) is 0 Å². The first-order valence-corrected chi connectivity index (χ1v) is 5.12. The summed E-state index contributed by atoms with van der Waals surface area (Å²) in [5.74, 6) is 0.0535. The summed E-state index contributed by atoms with van der Waals surface area (Å²) in [6.07, 6.45) is 4.85. The first-order chi connectivity index (χ1) is 7.33. The molecule has 3 heteroatoms. The molecule has 0 bridgehead atoms. The third kappa shape index (κ3) is 1.91. The lowest BCUT2D eigenvalue weighted by Gasteiger charge is -2.15. The number of aromatic nitrogens is 1. The zero-order valence-electron chi connectivity index (χ0n) is 8.69. The number of pyridine rings is 1. The number of ether oxygens (including phenoxy) is 1. The van der Waals surface area contributed by atoms with Crippen molar-refractivity contribution >= 4 is 5.78 Å². The molecule has 0 unspecified atom stereocenters. The SMILES string of the molecule is CCO/C=C1\CCc2ncccc2C1=O. The molecule has 78 valence electrons. The van der Waals surface area contributed by atoms with Gasteiger partial charge in [0.1, 0.15) is 0 Å². The van der Waals surface area contributed by atoms with Gasteiger partial charge in [-0.05, 0) is 31.9 Å². The summed E-state index contributed by atoms with van der Waals surface area (Å²) < 4.78 is 5.16. The van der Waals surface area contributed by atoms with E-state index in [-0.39, 0.29) is 5.78 Å². The Morgan fingerprint density at radius 1 is 1.53 bits per heavy atom. The van der Waals surface area contributed by atoms with E-state index in [2.05, 4.69) is 4.98 Å². The van der Waals surface area contributed by atoms with Gasteiger partial charge < -0.3 is 4.74 Å². The Kier molecular flexibility index (Phi) is 2.81. The van der Waals surface area contributed by atoms with Crippen LogP contribution in [0.4, 0.5) is 0 Å². The number of fused-ring (bicyclic) bond motifs is 1. The summed E-state index contributed by atoms with van der Waals surface area (Å²) >= 11 is 0. The minimum atomic E-state index is 0.0535. The quantitative estimate of drug-likeness (QED) is 0.546. The molecule has 15 heavy (non-hydrogen) atoms. The molecular weight excluding hydrogens is 190 g/mol. The average Bonchev–Trinajstić information content (AvgIpc) is 2.29. The van der Waals surface area contributed by atoms with Crippen molar-refractivity contribution in [2.75, 3.05) is 6.61 Å². The predicted molar refractivity (Wildman–Crippen MR) is 56.6 cm³/mol. The highest BCUT2D eigenvalue weighted by atomic mass is 16.5. The van der Waals surface area contributed by atoms with Gasteiger partial charge in [0.15, 0.2) is 5.78 Å². The molecule has 1 aliphatic rings. The van der Waals surface area contributed by atoms with Crippen molar-refractivity contribution in [1.82, 2.24) is 4.98 Å². The number of nitrogens with zero attached hydrogens (tertiary/aromatic N) is 1. The number of ketones is 1. The van der Waals surface area contributed by atoms with E-state index in [1.807, 2.05) is 13.0 Å². The van der Waals surface area contributed by atoms with Crippen molar-refractivity contribution in [3.05, 3.63) is 41.4 Å². The summed E-state index contributed by atoms with van der Waals surface area (Å²) in [6.45, 7) is 2.50. The van der Waals surface area contributed by atoms with Crippen LogP contribution in [0.25, 0.3) is 0 Å². The third-order valence-electron chi connectivity index (χ3n) is 2.45. The molecule has 0 radical (unpaired) electrons. The zero-order chi connectivity index (χ0) is 10.7. The number of hydrogen-bond donors (Lipinski definition) is 0. The minimum absolute atomic E-state index is 0.0535. The Balaban J connectivity index is 2.30. The second-order valence-electron chi connectivity index (χ2n) is 3.43. The van der Waals surface area contributed by atoms with E-state index in [1.54, 1.807) is 18.5 Å². The van der Waals surface area contributed by atoms with E-state index < -0.39 is 0 Å². The first-order valence-electron chi connectivity index (χ1n) is 5.12. The van der Waals surface area contributed by atoms with Crippen LogP contribution in [0.1, 0.15) is 29.4 Å². The van der Waals surface area contributed by atoms with Gasteiger partial charge in [-0.1, -0.05) is 0 Å². The zero-order valence-corrected chi connectivity index (χ0v) is 8.69. The summed E-state index contributed by atoms with van der Waals surface area (Å²) in [5, 5.41) is 0. The van der Waals surface area contributed by atoms with Crippen LogP contribution in [0.15, 0.2) is 30.2 Å². The fraction of sp³-hybridized carbons (Fsp3) is 0.333. The molecule has 0 amide bonds. The Morgan fingerprint density at radius 3 is 3.20 bits per heavy atom. The van der Waals surface area contributed by atoms with Gasteiger partial charge in [-0.3, -0.25) is 9.78 Å². The van der Waals surface area contributed by atoms with Crippen LogP contribution in [0, 0.1) is 0 Å². The molecule has 0 atom stereocenters. The lowest BCUT2D eigenvalue weighted by Crippen LogP contribution is -2.15. The number of carbonyl (C=O) groups is 1. The largest absolute Gasteiger partial charge is 0.501 e. The molecule has 0 saturated carbocycles. The highest BCUT2D eigenvalue weighted by molar-refractivity contribution is 6.10. The second-order valence-corrected chi connectivity index (χ2v) is 3.43. The van der Waals surface area contributed by atoms with E-state index in [9.17, 15) is 4.79 Å². The van der Waals surface area contributed by atoms with Gasteiger partial charge >= 0.3 is 0 Å². The standard InChI is InChI=1S/C12H13NO2/c1-2-15-8-9-5-6-11-10(12(9)14)4-3-7-13-11/h3-4,7-8H,2,5-6H2,1H3/b9-8+. The van der Waals surface area contributed by atoms with Crippen molar-refractivity contribution in [2.45, 2.75) is 19.8 Å². The van der Waals surface area contributed by atoms with E-state index in [0.717, 1.165) is 29.7 Å². The molecule has 1 aromatic heterocycles. The smallest absolute Gasteiger partial charge is 0.193 e. The number of carbonyl (C=O) groups excluding carboxylic acids is 1. The Morgan fingerprint density at radius 2 is 2.40 bits per heavy atom. The number of Topliss-reactive ketones (excluding diaryl/α,β-unsaturated/α-hetero) is 1. The normalized spacial score (nSPS) is 17.7. The number of rotatable bonds is 2. The minimum Gasteiger partial charge on any atom is -0.501 e. The summed E-state index contributed by atoms with van der Waals surface area (Å²) in [7, 11) is 0. The van der Waals surface area contributed by atoms with E-state index in [0.29, 0.717) is 6.61 Å². The van der Waals surface area contributed by atoms with Gasteiger partial charge in [-0.25, -0.2) is 0 Å². The van der Waals surface area contributed by atoms with Gasteiger partial charge in [-0.2, -0.15) is 0 Å². The molecule has 1 aliphatic carbocycles. The summed E-state index contributed by atoms with van der Waals surface area (Å²) in [6, 6.07) is 3.62. The summed E-state index contributed by atoms with van der Waals surface area (Å²) in [4.78, 5) is 16.1. The highest BCUT2D eigenvalue weighted by Crippen LogP contribution is 2.23. The Bertz CT molecular complexity index is 410. The molecule has 0 aromatic carbocycles. The fourth-order valence-electron chi connectivity index (χ4n) is 1.68. The lowest BCUT2D eigenvalue weighted by molar-refractivity contribution is 0.101. The maximum absolute atomic E-state index is 11.9. The first kappa shape index (κ1) is 9.90. The maximum Gasteiger partial charge on any atom is 0.193 e. The third-order valence-corrected chi connectivity index (χ3v) is 2.45. The van der Waals surface area contributed by atoms with Crippen LogP contribution in [-0.4, -0.2) is 17.4 Å². The van der Waals surface area contributed by atoms with E-state index in [4.69, 9.17) is 4.74 Å². The molecule has 1 heterocycles. The number of aryl methyl sites for hydroxylation is 1. The molecule has 2 rings (SSSR count). The monoisotopic (exact) mass is 203 g/mol. The van der Waals surface area contributed by atoms with Crippen LogP contribution in [-0.2, 0) is 11.2 Å². The van der Waals surface area contributed by atoms with E-state index in [1.165, 1.54) is 0 Å². The van der Waals surface area contributed by atoms with E-state index >= 15 is 0 Å². The summed E-state index contributed by atoms with van der Waals surface area (Å²) in [5.41, 5.74) is 2.36. The average molecular weight is 203 g/mol. The Hall–Kier alpha value is -1.64. The fourth-order valence-corrected chi connectivity index (χ4v) is 1.68. The molecule has 0 aliphatic heterocycles. The molecule has 0 N–H and O–H groups in total. The second kappa shape index (κ2) is 4.26. The van der Waals surface area contributed by atoms with Crippen LogP contribution < -0.4 is 0 Å². The van der Waals surface area contributed by atoms with Gasteiger partial charge in [0, 0.05) is 17.3 Å². The van der Waals surface area contributed by atoms with Crippen LogP contribution in [0.3, 0.4) is 0 Å². The van der Waals surface area contributed by atoms with Crippen LogP contribution in [0.2, 0.25) is 0 Å². The topological polar surface area (TPSA) is 39.2 Å². The van der Waals surface area contributed by atoms with Crippen molar-refractivity contribution < 1.29 is 9.53 Å². The van der Waals surface area contributed by atoms with Gasteiger partial charge in [0.05, 0.1) is 18.6 Å². The van der Waals surface area contributed by atoms with Crippen LogP contribution >= 0.6 is 0 Å². The van der Waals surface area contributed by atoms with Crippen molar-refractivity contribution in [3.63, 3.8) is 0 Å². The van der Waals surface area contributed by atoms with Gasteiger partial charge in [0.25, 0.3) is 0 Å². The highest BCUT2D eigenvalue weighted by Gasteiger charge is 2.22. The number of hydrogen-bond acceptors (Lipinski definition) is 3. The molecule has 1 aromatic rings. The molecule has 0 spiro atoms.